The van der Waals surface area contributed by atoms with E-state index in [2.05, 4.69) is 0 Å². The number of carbonyl (C=O) groups is 1. The third-order valence-electron chi connectivity index (χ3n) is 3.44. The maximum Gasteiger partial charge on any atom is 0.245 e. The SMILES string of the molecule is COCc1cccc(C(Cl)C(=O)N2CCCCC2)c1. The van der Waals surface area contributed by atoms with Crippen LogP contribution < -0.4 is 0 Å². The summed E-state index contributed by atoms with van der Waals surface area (Å²) in [6.45, 7) is 2.20. The summed E-state index contributed by atoms with van der Waals surface area (Å²) in [6, 6.07) is 7.74. The molecule has 0 aromatic heterocycles. The molecule has 1 aromatic rings. The molecule has 19 heavy (non-hydrogen) atoms. The summed E-state index contributed by atoms with van der Waals surface area (Å²) in [6.07, 6.45) is 3.37. The van der Waals surface area contributed by atoms with Gasteiger partial charge >= 0.3 is 0 Å². The average Bonchev–Trinajstić information content (AvgIpc) is 2.47. The van der Waals surface area contributed by atoms with Gasteiger partial charge in [-0.05, 0) is 30.4 Å². The normalized spacial score (nSPS) is 17.3. The lowest BCUT2D eigenvalue weighted by Gasteiger charge is -2.28. The van der Waals surface area contributed by atoms with Gasteiger partial charge in [-0.2, -0.15) is 0 Å². The largest absolute Gasteiger partial charge is 0.380 e. The number of methoxy groups -OCH3 is 1. The van der Waals surface area contributed by atoms with Crippen LogP contribution in [0.3, 0.4) is 0 Å². The number of nitrogens with zero attached hydrogens (tertiary/aromatic N) is 1. The van der Waals surface area contributed by atoms with E-state index in [4.69, 9.17) is 16.3 Å². The molecule has 1 amide bonds. The molecular weight excluding hydrogens is 262 g/mol. The van der Waals surface area contributed by atoms with Crippen LogP contribution in [-0.4, -0.2) is 31.0 Å². The molecule has 2 rings (SSSR count). The van der Waals surface area contributed by atoms with Gasteiger partial charge in [-0.3, -0.25) is 4.79 Å². The molecule has 0 bridgehead atoms. The van der Waals surface area contributed by atoms with Gasteiger partial charge < -0.3 is 9.64 Å². The van der Waals surface area contributed by atoms with Crippen LogP contribution in [0.15, 0.2) is 24.3 Å². The molecule has 1 unspecified atom stereocenters. The van der Waals surface area contributed by atoms with Crippen LogP contribution in [-0.2, 0) is 16.1 Å². The summed E-state index contributed by atoms with van der Waals surface area (Å²) >= 11 is 6.33. The fourth-order valence-electron chi connectivity index (χ4n) is 2.42. The van der Waals surface area contributed by atoms with Crippen LogP contribution in [0.2, 0.25) is 0 Å². The highest BCUT2D eigenvalue weighted by molar-refractivity contribution is 6.30. The van der Waals surface area contributed by atoms with Crippen molar-refractivity contribution in [1.29, 1.82) is 0 Å². The molecule has 1 heterocycles. The molecule has 1 aromatic carbocycles. The van der Waals surface area contributed by atoms with E-state index in [0.717, 1.165) is 37.1 Å². The van der Waals surface area contributed by atoms with Gasteiger partial charge in [-0.15, -0.1) is 11.6 Å². The van der Waals surface area contributed by atoms with Gasteiger partial charge in [0, 0.05) is 20.2 Å². The van der Waals surface area contributed by atoms with Crippen molar-refractivity contribution in [3.63, 3.8) is 0 Å². The first-order valence-corrected chi connectivity index (χ1v) is 7.16. The Morgan fingerprint density at radius 2 is 2.11 bits per heavy atom. The van der Waals surface area contributed by atoms with Gasteiger partial charge in [-0.1, -0.05) is 24.3 Å². The highest BCUT2D eigenvalue weighted by Crippen LogP contribution is 2.25. The molecule has 0 spiro atoms. The van der Waals surface area contributed by atoms with E-state index in [1.54, 1.807) is 7.11 Å². The fraction of sp³-hybridized carbons (Fsp3) is 0.533. The van der Waals surface area contributed by atoms with Crippen LogP contribution in [0.5, 0.6) is 0 Å². The number of rotatable bonds is 4. The average molecular weight is 282 g/mol. The number of hydrogen-bond acceptors (Lipinski definition) is 2. The summed E-state index contributed by atoms with van der Waals surface area (Å²) < 4.78 is 5.10. The molecule has 4 heteroatoms. The third-order valence-corrected chi connectivity index (χ3v) is 3.88. The number of alkyl halides is 1. The number of benzene rings is 1. The van der Waals surface area contributed by atoms with Crippen molar-refractivity contribution in [3.8, 4) is 0 Å². The number of carbonyl (C=O) groups excluding carboxylic acids is 1. The zero-order chi connectivity index (χ0) is 13.7. The van der Waals surface area contributed by atoms with Gasteiger partial charge in [0.1, 0.15) is 5.38 Å². The second-order valence-electron chi connectivity index (χ2n) is 4.93. The first kappa shape index (κ1) is 14.4. The Labute approximate surface area is 119 Å². The van der Waals surface area contributed by atoms with Crippen molar-refractivity contribution in [3.05, 3.63) is 35.4 Å². The van der Waals surface area contributed by atoms with Crippen molar-refractivity contribution < 1.29 is 9.53 Å². The molecule has 1 aliphatic rings. The molecule has 1 saturated heterocycles. The second kappa shape index (κ2) is 6.92. The number of halogens is 1. The molecule has 0 aliphatic carbocycles. The summed E-state index contributed by atoms with van der Waals surface area (Å²) in [4.78, 5) is 14.2. The Morgan fingerprint density at radius 3 is 2.79 bits per heavy atom. The summed E-state index contributed by atoms with van der Waals surface area (Å²) in [5.41, 5.74) is 1.89. The molecule has 0 N–H and O–H groups in total. The molecule has 1 atom stereocenters. The van der Waals surface area contributed by atoms with E-state index in [0.29, 0.717) is 6.61 Å². The van der Waals surface area contributed by atoms with E-state index in [9.17, 15) is 4.79 Å². The number of hydrogen-bond donors (Lipinski definition) is 0. The Balaban J connectivity index is 2.07. The quantitative estimate of drug-likeness (QED) is 0.794. The van der Waals surface area contributed by atoms with Crippen molar-refractivity contribution in [2.75, 3.05) is 20.2 Å². The number of amides is 1. The molecular formula is C15H20ClNO2. The highest BCUT2D eigenvalue weighted by atomic mass is 35.5. The van der Waals surface area contributed by atoms with E-state index < -0.39 is 5.38 Å². The van der Waals surface area contributed by atoms with Gasteiger partial charge in [-0.25, -0.2) is 0 Å². The van der Waals surface area contributed by atoms with Gasteiger partial charge in [0.05, 0.1) is 6.61 Å². The zero-order valence-electron chi connectivity index (χ0n) is 11.3. The maximum atomic E-state index is 12.3. The van der Waals surface area contributed by atoms with Crippen molar-refractivity contribution in [2.45, 2.75) is 31.2 Å². The standard InChI is InChI=1S/C15H20ClNO2/c1-19-11-12-6-5-7-13(10-12)14(16)15(18)17-8-3-2-4-9-17/h5-7,10,14H,2-4,8-9,11H2,1H3. The fourth-order valence-corrected chi connectivity index (χ4v) is 2.70. The van der Waals surface area contributed by atoms with E-state index in [1.165, 1.54) is 6.42 Å². The van der Waals surface area contributed by atoms with E-state index >= 15 is 0 Å². The molecule has 1 aliphatic heterocycles. The Kier molecular flexibility index (Phi) is 5.23. The van der Waals surface area contributed by atoms with Gasteiger partial charge in [0.25, 0.3) is 0 Å². The number of likely N-dealkylation sites (tertiary alicyclic amines) is 1. The van der Waals surface area contributed by atoms with Crippen molar-refractivity contribution >= 4 is 17.5 Å². The Bertz CT molecular complexity index is 430. The Hall–Kier alpha value is -1.06. The zero-order valence-corrected chi connectivity index (χ0v) is 12.0. The molecule has 3 nitrogen and oxygen atoms in total. The lowest BCUT2D eigenvalue weighted by Crippen LogP contribution is -2.37. The Morgan fingerprint density at radius 1 is 1.37 bits per heavy atom. The monoisotopic (exact) mass is 281 g/mol. The first-order valence-electron chi connectivity index (χ1n) is 6.73. The predicted octanol–water partition coefficient (Wildman–Crippen LogP) is 3.13. The lowest BCUT2D eigenvalue weighted by molar-refractivity contribution is -0.131. The minimum Gasteiger partial charge on any atom is -0.380 e. The number of piperidine rings is 1. The van der Waals surface area contributed by atoms with Gasteiger partial charge in [0.2, 0.25) is 5.91 Å². The van der Waals surface area contributed by atoms with Crippen molar-refractivity contribution in [2.24, 2.45) is 0 Å². The van der Waals surface area contributed by atoms with Crippen LogP contribution in [0.25, 0.3) is 0 Å². The lowest BCUT2D eigenvalue weighted by atomic mass is 10.1. The molecule has 1 fully saturated rings. The van der Waals surface area contributed by atoms with Crippen LogP contribution >= 0.6 is 11.6 Å². The van der Waals surface area contributed by atoms with E-state index in [1.807, 2.05) is 29.2 Å². The third kappa shape index (κ3) is 3.71. The highest BCUT2D eigenvalue weighted by Gasteiger charge is 2.25. The minimum atomic E-state index is -0.588. The summed E-state index contributed by atoms with van der Waals surface area (Å²) in [5.74, 6) is 0.0240. The van der Waals surface area contributed by atoms with E-state index in [-0.39, 0.29) is 5.91 Å². The second-order valence-corrected chi connectivity index (χ2v) is 5.36. The van der Waals surface area contributed by atoms with Crippen LogP contribution in [0.1, 0.15) is 35.8 Å². The summed E-state index contributed by atoms with van der Waals surface area (Å²) in [5, 5.41) is -0.588. The topological polar surface area (TPSA) is 29.5 Å². The smallest absolute Gasteiger partial charge is 0.245 e. The molecule has 0 saturated carbocycles. The summed E-state index contributed by atoms with van der Waals surface area (Å²) in [7, 11) is 1.66. The number of ether oxygens (including phenoxy) is 1. The van der Waals surface area contributed by atoms with Crippen LogP contribution in [0.4, 0.5) is 0 Å². The van der Waals surface area contributed by atoms with Crippen LogP contribution in [0, 0.1) is 0 Å². The first-order chi connectivity index (χ1) is 9.22. The predicted molar refractivity (Wildman–Crippen MR) is 76.2 cm³/mol. The van der Waals surface area contributed by atoms with Crippen molar-refractivity contribution in [1.82, 2.24) is 4.90 Å². The van der Waals surface area contributed by atoms with Gasteiger partial charge in [0.15, 0.2) is 0 Å². The maximum absolute atomic E-state index is 12.3. The molecule has 104 valence electrons. The minimum absolute atomic E-state index is 0.0240. The molecule has 0 radical (unpaired) electrons.